The van der Waals surface area contributed by atoms with Crippen LogP contribution in [-0.4, -0.2) is 20.1 Å². The summed E-state index contributed by atoms with van der Waals surface area (Å²) in [5.74, 6) is 1.36. The molecule has 1 saturated carbocycles. The lowest BCUT2D eigenvalue weighted by atomic mass is 9.62. The summed E-state index contributed by atoms with van der Waals surface area (Å²) < 4.78 is 42.0. The molecule has 0 heterocycles. The van der Waals surface area contributed by atoms with Crippen LogP contribution in [0.1, 0.15) is 62.5 Å². The molecular formula is C22H25NO5S. The molecule has 0 saturated heterocycles. The number of hydrogen-bond acceptors (Lipinski definition) is 5. The van der Waals surface area contributed by atoms with Gasteiger partial charge in [-0.15, -0.1) is 0 Å². The van der Waals surface area contributed by atoms with Crippen molar-refractivity contribution in [3.05, 3.63) is 46.0 Å². The molecule has 1 aromatic carbocycles. The van der Waals surface area contributed by atoms with Crippen LogP contribution in [0.4, 0.5) is 0 Å². The highest BCUT2D eigenvalue weighted by Crippen LogP contribution is 2.53. The molecular weight excluding hydrogens is 390 g/mol. The lowest BCUT2D eigenvalue weighted by Crippen LogP contribution is -2.30. The Bertz CT molecular complexity index is 1030. The Kier molecular flexibility index (Phi) is 5.41. The van der Waals surface area contributed by atoms with E-state index in [1.807, 2.05) is 6.07 Å². The summed E-state index contributed by atoms with van der Waals surface area (Å²) in [7, 11) is -3.10. The van der Waals surface area contributed by atoms with Crippen LogP contribution in [-0.2, 0) is 15.1 Å². The van der Waals surface area contributed by atoms with E-state index in [1.54, 1.807) is 24.3 Å². The average molecular weight is 416 g/mol. The minimum absolute atomic E-state index is 0.0351. The smallest absolute Gasteiger partial charge is 0.446 e. The standard InChI is InChI=1S/C22H25NO5S/c1-27-22(16-9-10-17(13-23)20(12-16)28-29(24,25)26)21-15-6-4-8-19(21)18-7-3-2-5-14(18)11-15/h9-10,12,15,19H,2-8,11H2,1H3,(H,24,25,26)/b22-21+. The fourth-order valence-electron chi connectivity index (χ4n) is 5.36. The quantitative estimate of drug-likeness (QED) is 0.431. The predicted octanol–water partition coefficient (Wildman–Crippen LogP) is 4.79. The van der Waals surface area contributed by atoms with Crippen molar-refractivity contribution in [3.63, 3.8) is 0 Å². The van der Waals surface area contributed by atoms with E-state index in [2.05, 4.69) is 4.18 Å². The first-order valence-corrected chi connectivity index (χ1v) is 11.5. The minimum Gasteiger partial charge on any atom is -0.496 e. The Hall–Kier alpha value is -2.30. The Balaban J connectivity index is 1.83. The molecule has 3 aliphatic rings. The normalized spacial score (nSPS) is 25.7. The number of fused-ring (bicyclic) bond motifs is 3. The van der Waals surface area contributed by atoms with Gasteiger partial charge in [-0.25, -0.2) is 0 Å². The Morgan fingerprint density at radius 2 is 2.00 bits per heavy atom. The van der Waals surface area contributed by atoms with Gasteiger partial charge in [0, 0.05) is 11.5 Å². The molecule has 1 aromatic rings. The molecule has 3 aliphatic carbocycles. The molecule has 1 N–H and O–H groups in total. The zero-order valence-electron chi connectivity index (χ0n) is 16.5. The molecule has 6 nitrogen and oxygen atoms in total. The van der Waals surface area contributed by atoms with E-state index in [-0.39, 0.29) is 11.3 Å². The summed E-state index contributed by atoms with van der Waals surface area (Å²) in [5, 5.41) is 9.26. The highest BCUT2D eigenvalue weighted by atomic mass is 32.3. The third-order valence-corrected chi connectivity index (χ3v) is 6.82. The van der Waals surface area contributed by atoms with Crippen molar-refractivity contribution in [1.82, 2.24) is 0 Å². The summed E-state index contributed by atoms with van der Waals surface area (Å²) in [4.78, 5) is 0. The van der Waals surface area contributed by atoms with Gasteiger partial charge >= 0.3 is 10.4 Å². The number of methoxy groups -OCH3 is 1. The molecule has 2 bridgehead atoms. The summed E-state index contributed by atoms with van der Waals surface area (Å²) in [6.45, 7) is 0. The van der Waals surface area contributed by atoms with E-state index >= 15 is 0 Å². The fraction of sp³-hybridized carbons (Fsp3) is 0.500. The molecule has 4 rings (SSSR count). The van der Waals surface area contributed by atoms with Crippen molar-refractivity contribution in [1.29, 1.82) is 5.26 Å². The first kappa shape index (κ1) is 20.0. The maximum Gasteiger partial charge on any atom is 0.446 e. The molecule has 29 heavy (non-hydrogen) atoms. The van der Waals surface area contributed by atoms with Crippen molar-refractivity contribution in [2.45, 2.75) is 51.4 Å². The molecule has 2 unspecified atom stereocenters. The number of ether oxygens (including phenoxy) is 1. The van der Waals surface area contributed by atoms with Gasteiger partial charge in [0.25, 0.3) is 0 Å². The molecule has 7 heteroatoms. The average Bonchev–Trinajstić information content (AvgIpc) is 2.68. The van der Waals surface area contributed by atoms with Crippen LogP contribution in [0.15, 0.2) is 34.9 Å². The van der Waals surface area contributed by atoms with Crippen LogP contribution in [0.3, 0.4) is 0 Å². The zero-order chi connectivity index (χ0) is 20.6. The Morgan fingerprint density at radius 1 is 1.21 bits per heavy atom. The third kappa shape index (κ3) is 3.92. The van der Waals surface area contributed by atoms with Crippen molar-refractivity contribution in [2.75, 3.05) is 7.11 Å². The second-order valence-electron chi connectivity index (χ2n) is 8.04. The minimum atomic E-state index is -4.73. The topological polar surface area (TPSA) is 96.6 Å². The van der Waals surface area contributed by atoms with Gasteiger partial charge in [-0.2, -0.15) is 13.7 Å². The Morgan fingerprint density at radius 3 is 2.72 bits per heavy atom. The van der Waals surface area contributed by atoms with Gasteiger partial charge in [0.1, 0.15) is 11.8 Å². The lowest BCUT2D eigenvalue weighted by Gasteiger charge is -2.43. The van der Waals surface area contributed by atoms with Crippen molar-refractivity contribution < 1.29 is 21.9 Å². The zero-order valence-corrected chi connectivity index (χ0v) is 17.3. The maximum absolute atomic E-state index is 11.2. The van der Waals surface area contributed by atoms with Gasteiger partial charge in [0.05, 0.1) is 12.7 Å². The molecule has 0 radical (unpaired) electrons. The van der Waals surface area contributed by atoms with Crippen LogP contribution in [0, 0.1) is 23.2 Å². The van der Waals surface area contributed by atoms with Gasteiger partial charge in [0.15, 0.2) is 5.75 Å². The number of nitriles is 1. The lowest BCUT2D eigenvalue weighted by molar-refractivity contribution is 0.311. The number of hydrogen-bond donors (Lipinski definition) is 1. The molecule has 0 aliphatic heterocycles. The highest BCUT2D eigenvalue weighted by molar-refractivity contribution is 7.81. The summed E-state index contributed by atoms with van der Waals surface area (Å²) in [6.07, 6.45) is 9.40. The van der Waals surface area contributed by atoms with Crippen molar-refractivity contribution in [3.8, 4) is 11.8 Å². The second kappa shape index (κ2) is 7.85. The maximum atomic E-state index is 11.2. The van der Waals surface area contributed by atoms with E-state index in [9.17, 15) is 13.7 Å². The third-order valence-electron chi connectivity index (χ3n) is 6.43. The van der Waals surface area contributed by atoms with Crippen molar-refractivity contribution >= 4 is 16.2 Å². The highest BCUT2D eigenvalue weighted by Gasteiger charge is 2.39. The molecule has 1 fully saturated rings. The number of benzene rings is 1. The summed E-state index contributed by atoms with van der Waals surface area (Å²) in [6, 6.07) is 6.62. The summed E-state index contributed by atoms with van der Waals surface area (Å²) in [5.41, 5.74) is 5.21. The number of allylic oxidation sites excluding steroid dienone is 3. The van der Waals surface area contributed by atoms with Gasteiger partial charge in [0.2, 0.25) is 0 Å². The molecule has 154 valence electrons. The molecule has 0 aromatic heterocycles. The summed E-state index contributed by atoms with van der Waals surface area (Å²) >= 11 is 0. The van der Waals surface area contributed by atoms with Crippen LogP contribution in [0.5, 0.6) is 5.75 Å². The SMILES string of the molecule is CO/C(=C1\C2CCCC1C1=C(CCCC1)C2)c1ccc(C#N)c(OS(=O)(=O)O)c1. The first-order chi connectivity index (χ1) is 13.9. The van der Waals surface area contributed by atoms with E-state index < -0.39 is 10.4 Å². The number of rotatable bonds is 4. The van der Waals surface area contributed by atoms with E-state index in [4.69, 9.17) is 9.29 Å². The van der Waals surface area contributed by atoms with E-state index in [0.717, 1.165) is 31.4 Å². The number of nitrogens with zero attached hydrogens (tertiary/aromatic N) is 1. The molecule has 2 atom stereocenters. The molecule has 0 spiro atoms. The van der Waals surface area contributed by atoms with Gasteiger partial charge in [-0.05, 0) is 74.6 Å². The van der Waals surface area contributed by atoms with Crippen LogP contribution in [0.25, 0.3) is 5.76 Å². The largest absolute Gasteiger partial charge is 0.496 e. The monoisotopic (exact) mass is 415 g/mol. The van der Waals surface area contributed by atoms with Crippen LogP contribution in [0.2, 0.25) is 0 Å². The van der Waals surface area contributed by atoms with Crippen molar-refractivity contribution in [2.24, 2.45) is 11.8 Å². The predicted molar refractivity (Wildman–Crippen MR) is 108 cm³/mol. The van der Waals surface area contributed by atoms with Crippen LogP contribution < -0.4 is 4.18 Å². The Labute approximate surface area is 171 Å². The van der Waals surface area contributed by atoms with E-state index in [0.29, 0.717) is 17.4 Å². The fourth-order valence-corrected chi connectivity index (χ4v) is 5.73. The molecule has 0 amide bonds. The second-order valence-corrected chi connectivity index (χ2v) is 9.06. The van der Waals surface area contributed by atoms with E-state index in [1.165, 1.54) is 43.4 Å². The van der Waals surface area contributed by atoms with Crippen LogP contribution >= 0.6 is 0 Å². The first-order valence-electron chi connectivity index (χ1n) is 10.1. The van der Waals surface area contributed by atoms with Gasteiger partial charge < -0.3 is 8.92 Å². The van der Waals surface area contributed by atoms with Gasteiger partial charge in [-0.3, -0.25) is 4.55 Å². The van der Waals surface area contributed by atoms with Gasteiger partial charge in [-0.1, -0.05) is 17.6 Å².